The van der Waals surface area contributed by atoms with Gasteiger partial charge in [0.15, 0.2) is 17.9 Å². The van der Waals surface area contributed by atoms with Gasteiger partial charge in [-0.3, -0.25) is 9.59 Å². The molecule has 2 bridgehead atoms. The maximum atomic E-state index is 14.1. The Hall–Kier alpha value is -1.41. The number of aliphatic hydroxyl groups is 3. The van der Waals surface area contributed by atoms with Gasteiger partial charge in [-0.1, -0.05) is 82.3 Å². The minimum atomic E-state index is -2.11. The summed E-state index contributed by atoms with van der Waals surface area (Å²) >= 11 is 3.54. The molecule has 12 heteroatoms. The lowest BCUT2D eigenvalue weighted by Gasteiger charge is -2.68. The first kappa shape index (κ1) is 37.4. The first-order chi connectivity index (χ1) is 23.0. The Morgan fingerprint density at radius 3 is 2.39 bits per heavy atom. The number of rotatable bonds is 10. The lowest BCUT2D eigenvalue weighted by Crippen LogP contribution is -2.78. The van der Waals surface area contributed by atoms with Crippen LogP contribution in [0.1, 0.15) is 93.4 Å². The average Bonchev–Trinajstić information content (AvgIpc) is 3.33. The van der Waals surface area contributed by atoms with Crippen molar-refractivity contribution < 1.29 is 53.4 Å². The van der Waals surface area contributed by atoms with E-state index in [2.05, 4.69) is 15.9 Å². The van der Waals surface area contributed by atoms with Crippen LogP contribution in [0.4, 0.5) is 0 Å². The molecule has 11 nitrogen and oxygen atoms in total. The molecular weight excluding hydrogens is 700 g/mol. The largest absolute Gasteiger partial charge is 0.459 e. The third-order valence-electron chi connectivity index (χ3n) is 13.6. The lowest BCUT2D eigenvalue weighted by atomic mass is 9.38. The fourth-order valence-electron chi connectivity index (χ4n) is 11.1. The first-order valence-corrected chi connectivity index (χ1v) is 19.3. The topological polar surface area (TPSA) is 158 Å². The van der Waals surface area contributed by atoms with Crippen molar-refractivity contribution in [2.24, 2.45) is 46.3 Å². The summed E-state index contributed by atoms with van der Waals surface area (Å²) in [5.41, 5.74) is -2.87. The van der Waals surface area contributed by atoms with E-state index in [0.717, 1.165) is 37.7 Å². The van der Waals surface area contributed by atoms with E-state index in [9.17, 15) is 29.7 Å². The zero-order chi connectivity index (χ0) is 35.8. The average molecular weight is 756 g/mol. The van der Waals surface area contributed by atoms with Crippen LogP contribution in [0.25, 0.3) is 0 Å². The van der Waals surface area contributed by atoms with Crippen LogP contribution in [0.15, 0.2) is 11.6 Å². The molecule has 0 radical (unpaired) electrons. The normalized spacial score (nSPS) is 42.8. The van der Waals surface area contributed by atoms with Gasteiger partial charge in [0.05, 0.1) is 30.1 Å². The Morgan fingerprint density at radius 1 is 1.12 bits per heavy atom. The summed E-state index contributed by atoms with van der Waals surface area (Å²) in [5, 5.41) is 36.1. The maximum absolute atomic E-state index is 14.1. The third-order valence-corrected chi connectivity index (χ3v) is 14.1. The monoisotopic (exact) mass is 754 g/mol. The summed E-state index contributed by atoms with van der Waals surface area (Å²) in [6.07, 6.45) is 1.21. The minimum Gasteiger partial charge on any atom is -0.459 e. The van der Waals surface area contributed by atoms with Crippen LogP contribution in [0.3, 0.4) is 0 Å². The Morgan fingerprint density at radius 2 is 1.78 bits per heavy atom. The molecule has 6 rings (SSSR count). The number of carbonyl (C=O) groups excluding carboxylic acids is 3. The Balaban J connectivity index is 1.40. The van der Waals surface area contributed by atoms with Gasteiger partial charge in [0.25, 0.3) is 0 Å². The van der Waals surface area contributed by atoms with Gasteiger partial charge in [-0.05, 0) is 55.9 Å². The van der Waals surface area contributed by atoms with Crippen LogP contribution < -0.4 is 0 Å². The van der Waals surface area contributed by atoms with E-state index in [4.69, 9.17) is 23.7 Å². The second kappa shape index (κ2) is 13.2. The van der Waals surface area contributed by atoms with Crippen LogP contribution in [0.5, 0.6) is 0 Å². The number of ketones is 1. The van der Waals surface area contributed by atoms with Crippen molar-refractivity contribution in [3.05, 3.63) is 11.6 Å². The van der Waals surface area contributed by atoms with Crippen LogP contribution in [0.2, 0.25) is 0 Å². The number of fused-ring (bicyclic) bond motifs is 1. The Labute approximate surface area is 297 Å². The summed E-state index contributed by atoms with van der Waals surface area (Å²) in [7, 11) is 0. The molecule has 5 fully saturated rings. The number of ether oxygens (including phenoxy) is 5. The molecule has 3 saturated carbocycles. The summed E-state index contributed by atoms with van der Waals surface area (Å²) in [4.78, 5) is 41.5. The number of esters is 2. The van der Waals surface area contributed by atoms with E-state index < -0.39 is 82.6 Å². The highest BCUT2D eigenvalue weighted by Gasteiger charge is 2.84. The Bertz CT molecular complexity index is 1340. The molecule has 49 heavy (non-hydrogen) atoms. The van der Waals surface area contributed by atoms with Gasteiger partial charge in [0, 0.05) is 22.7 Å². The summed E-state index contributed by atoms with van der Waals surface area (Å²) < 4.78 is 31.5. The second-order valence-corrected chi connectivity index (χ2v) is 17.3. The molecule has 12 atom stereocenters. The van der Waals surface area contributed by atoms with Crippen molar-refractivity contribution in [2.45, 2.75) is 142 Å². The van der Waals surface area contributed by atoms with Crippen molar-refractivity contribution in [1.29, 1.82) is 0 Å². The van der Waals surface area contributed by atoms with Crippen LogP contribution >= 0.6 is 15.9 Å². The molecule has 3 N–H and O–H groups in total. The first-order valence-electron chi connectivity index (χ1n) is 18.2. The quantitative estimate of drug-likeness (QED) is 0.167. The van der Waals surface area contributed by atoms with E-state index in [0.29, 0.717) is 11.8 Å². The highest BCUT2D eigenvalue weighted by Crippen LogP contribution is 2.74. The highest BCUT2D eigenvalue weighted by molar-refractivity contribution is 9.09. The van der Waals surface area contributed by atoms with Gasteiger partial charge in [0.2, 0.25) is 6.10 Å². The number of halogens is 1. The second-order valence-electron chi connectivity index (χ2n) is 16.7. The molecule has 0 aromatic heterocycles. The standard InChI is InChI=1S/C37H55BrO11/c1-18(2)36(43,19(3)4)15-26(40)48-29-28-21(6)30(41)37(44)33-34(7)23(14-25(47-32(29)42)35(28,33)17-45-37)20(5)13-24(39)31(34)49-27(16-38)46-22-11-9-8-10-12-22/h13,18-19,21-23,25,27-31,33,41,43-44H,8-12,14-17H2,1-7H3/t21-,23+,25-,27?,28?,29?,30-,31-,33?,34-,35+,37-/m1/s1. The Kier molecular flexibility index (Phi) is 10.1. The van der Waals surface area contributed by atoms with E-state index in [1.54, 1.807) is 13.0 Å². The number of hydrogen-bond acceptors (Lipinski definition) is 11. The molecule has 4 unspecified atom stereocenters. The van der Waals surface area contributed by atoms with E-state index in [1.807, 2.05) is 41.5 Å². The molecule has 0 aromatic carbocycles. The predicted molar refractivity (Wildman–Crippen MR) is 180 cm³/mol. The molecular formula is C37H55BrO11. The molecule has 0 amide bonds. The fraction of sp³-hybridized carbons (Fsp3) is 0.865. The maximum Gasteiger partial charge on any atom is 0.348 e. The molecule has 0 aromatic rings. The van der Waals surface area contributed by atoms with E-state index in [-0.39, 0.29) is 42.7 Å². The van der Waals surface area contributed by atoms with Gasteiger partial charge in [-0.25, -0.2) is 4.79 Å². The fourth-order valence-corrected chi connectivity index (χ4v) is 11.4. The summed E-state index contributed by atoms with van der Waals surface area (Å²) in [6.45, 7) is 12.7. The van der Waals surface area contributed by atoms with Gasteiger partial charge in [-0.15, -0.1) is 0 Å². The number of hydrogen-bond donors (Lipinski definition) is 3. The van der Waals surface area contributed by atoms with Gasteiger partial charge >= 0.3 is 11.9 Å². The zero-order valence-corrected chi connectivity index (χ0v) is 31.4. The smallest absolute Gasteiger partial charge is 0.348 e. The predicted octanol–water partition coefficient (Wildman–Crippen LogP) is 4.22. The molecule has 2 heterocycles. The van der Waals surface area contributed by atoms with Crippen LogP contribution in [-0.4, -0.2) is 93.2 Å². The van der Waals surface area contributed by atoms with Crippen LogP contribution in [0, 0.1) is 46.3 Å². The van der Waals surface area contributed by atoms with Crippen molar-refractivity contribution >= 4 is 33.7 Å². The van der Waals surface area contributed by atoms with Gasteiger partial charge in [-0.2, -0.15) is 0 Å². The molecule has 2 aliphatic heterocycles. The van der Waals surface area contributed by atoms with Crippen LogP contribution in [-0.2, 0) is 38.1 Å². The minimum absolute atomic E-state index is 0.00730. The van der Waals surface area contributed by atoms with Crippen molar-refractivity contribution in [2.75, 3.05) is 11.9 Å². The lowest BCUT2D eigenvalue weighted by molar-refractivity contribution is -0.346. The third kappa shape index (κ3) is 5.60. The molecule has 4 aliphatic carbocycles. The number of carbonyl (C=O) groups is 3. The molecule has 2 saturated heterocycles. The molecule has 6 aliphatic rings. The summed E-state index contributed by atoms with van der Waals surface area (Å²) in [5.74, 6) is -7.30. The van der Waals surface area contributed by atoms with Crippen molar-refractivity contribution in [3.63, 3.8) is 0 Å². The zero-order valence-electron chi connectivity index (χ0n) is 29.9. The highest BCUT2D eigenvalue weighted by atomic mass is 79.9. The van der Waals surface area contributed by atoms with Gasteiger partial charge < -0.3 is 39.0 Å². The van der Waals surface area contributed by atoms with E-state index in [1.165, 1.54) is 0 Å². The number of alkyl halides is 1. The number of aliphatic hydroxyl groups excluding tert-OH is 1. The van der Waals surface area contributed by atoms with Crippen molar-refractivity contribution in [3.8, 4) is 0 Å². The van der Waals surface area contributed by atoms with Gasteiger partial charge in [0.1, 0.15) is 18.3 Å². The van der Waals surface area contributed by atoms with Crippen molar-refractivity contribution in [1.82, 2.24) is 0 Å². The molecule has 276 valence electrons. The SMILES string of the molecule is CC1=CC(=O)[C@@H](OC(CBr)OC2CCCCC2)[C@]2(C)C3[C@]45CO[C@]3(O)[C@H](O)[C@H](C)C4C(OC(=O)CC(O)(C(C)C)C(C)C)C(=O)O[C@@H]5C[C@@H]12. The van der Waals surface area contributed by atoms with E-state index >= 15 is 0 Å². The molecule has 1 spiro atoms. The summed E-state index contributed by atoms with van der Waals surface area (Å²) in [6, 6.07) is 0. The number of allylic oxidation sites excluding steroid dienone is 1.